The number of pyridine rings is 1. The van der Waals surface area contributed by atoms with E-state index in [1.165, 1.54) is 12.1 Å². The van der Waals surface area contributed by atoms with Gasteiger partial charge in [0.1, 0.15) is 5.15 Å². The number of amides is 1. The van der Waals surface area contributed by atoms with E-state index in [-0.39, 0.29) is 16.3 Å². The summed E-state index contributed by atoms with van der Waals surface area (Å²) in [6.07, 6.45) is 0. The highest BCUT2D eigenvalue weighted by molar-refractivity contribution is 6.29. The fourth-order valence-electron chi connectivity index (χ4n) is 1.77. The Morgan fingerprint density at radius 3 is 2.42 bits per heavy atom. The summed E-state index contributed by atoms with van der Waals surface area (Å²) in [5.41, 5.74) is 5.76. The Morgan fingerprint density at radius 2 is 1.84 bits per heavy atom. The zero-order valence-corrected chi connectivity index (χ0v) is 10.4. The molecule has 0 unspecified atom stereocenters. The lowest BCUT2D eigenvalue weighted by Crippen LogP contribution is -2.17. The van der Waals surface area contributed by atoms with Crippen LogP contribution in [0.25, 0.3) is 11.3 Å². The minimum Gasteiger partial charge on any atom is -0.478 e. The van der Waals surface area contributed by atoms with Crippen LogP contribution in [0.1, 0.15) is 20.7 Å². The fourth-order valence-corrected chi connectivity index (χ4v) is 1.93. The van der Waals surface area contributed by atoms with Gasteiger partial charge in [-0.15, -0.1) is 0 Å². The number of rotatable bonds is 3. The quantitative estimate of drug-likeness (QED) is 0.840. The first kappa shape index (κ1) is 13.0. The van der Waals surface area contributed by atoms with E-state index in [2.05, 4.69) is 4.98 Å². The fraction of sp³-hybridized carbons (Fsp3) is 0. The summed E-state index contributed by atoms with van der Waals surface area (Å²) < 4.78 is 0. The molecule has 0 aliphatic rings. The minimum atomic E-state index is -1.22. The van der Waals surface area contributed by atoms with Crippen molar-refractivity contribution in [2.24, 2.45) is 5.73 Å². The SMILES string of the molecule is NC(=O)c1c(C(=O)O)cccc1-c1cccc(Cl)n1. The number of carbonyl (C=O) groups excluding carboxylic acids is 1. The number of halogens is 1. The smallest absolute Gasteiger partial charge is 0.336 e. The number of hydrogen-bond acceptors (Lipinski definition) is 3. The molecular formula is C13H9ClN2O3. The van der Waals surface area contributed by atoms with Crippen LogP contribution in [0.2, 0.25) is 5.15 Å². The molecule has 0 saturated carbocycles. The van der Waals surface area contributed by atoms with E-state index in [0.29, 0.717) is 11.3 Å². The number of aromatic carboxylic acids is 1. The van der Waals surface area contributed by atoms with E-state index >= 15 is 0 Å². The monoisotopic (exact) mass is 276 g/mol. The molecule has 1 heterocycles. The number of nitrogens with two attached hydrogens (primary N) is 1. The number of primary amides is 1. The molecule has 2 rings (SSSR count). The molecule has 0 fully saturated rings. The van der Waals surface area contributed by atoms with Gasteiger partial charge in [0, 0.05) is 5.56 Å². The first-order chi connectivity index (χ1) is 9.00. The summed E-state index contributed by atoms with van der Waals surface area (Å²) in [5, 5.41) is 9.33. The average Bonchev–Trinajstić information content (AvgIpc) is 2.37. The van der Waals surface area contributed by atoms with Crippen LogP contribution < -0.4 is 5.73 Å². The second-order valence-electron chi connectivity index (χ2n) is 3.74. The molecule has 0 spiro atoms. The Hall–Kier alpha value is -2.40. The largest absolute Gasteiger partial charge is 0.478 e. The summed E-state index contributed by atoms with van der Waals surface area (Å²) in [6.45, 7) is 0. The van der Waals surface area contributed by atoms with Gasteiger partial charge in [-0.25, -0.2) is 9.78 Å². The highest BCUT2D eigenvalue weighted by atomic mass is 35.5. The van der Waals surface area contributed by atoms with Crippen LogP contribution in [-0.2, 0) is 0 Å². The number of nitrogens with zero attached hydrogens (tertiary/aromatic N) is 1. The Balaban J connectivity index is 2.73. The lowest BCUT2D eigenvalue weighted by molar-refractivity contribution is 0.0692. The summed E-state index contributed by atoms with van der Waals surface area (Å²) in [7, 11) is 0. The lowest BCUT2D eigenvalue weighted by Gasteiger charge is -2.09. The van der Waals surface area contributed by atoms with Crippen molar-refractivity contribution >= 4 is 23.5 Å². The van der Waals surface area contributed by atoms with Gasteiger partial charge in [-0.2, -0.15) is 0 Å². The number of carboxylic acids is 1. The zero-order valence-electron chi connectivity index (χ0n) is 9.63. The van der Waals surface area contributed by atoms with Crippen molar-refractivity contribution < 1.29 is 14.7 Å². The van der Waals surface area contributed by atoms with Crippen LogP contribution in [0, 0.1) is 0 Å². The highest BCUT2D eigenvalue weighted by Gasteiger charge is 2.19. The van der Waals surface area contributed by atoms with Crippen molar-refractivity contribution in [2.45, 2.75) is 0 Å². The van der Waals surface area contributed by atoms with Crippen molar-refractivity contribution in [3.8, 4) is 11.3 Å². The minimum absolute atomic E-state index is 0.0789. The van der Waals surface area contributed by atoms with Crippen LogP contribution in [0.15, 0.2) is 36.4 Å². The van der Waals surface area contributed by atoms with E-state index in [4.69, 9.17) is 22.4 Å². The predicted molar refractivity (Wildman–Crippen MR) is 70.2 cm³/mol. The topological polar surface area (TPSA) is 93.3 Å². The third-order valence-electron chi connectivity index (χ3n) is 2.53. The van der Waals surface area contributed by atoms with E-state index in [0.717, 1.165) is 0 Å². The molecule has 6 heteroatoms. The predicted octanol–water partition coefficient (Wildman–Crippen LogP) is 2.20. The van der Waals surface area contributed by atoms with Crippen LogP contribution in [0.3, 0.4) is 0 Å². The van der Waals surface area contributed by atoms with Crippen LogP contribution in [0.5, 0.6) is 0 Å². The average molecular weight is 277 g/mol. The van der Waals surface area contributed by atoms with Crippen molar-refractivity contribution in [1.29, 1.82) is 0 Å². The van der Waals surface area contributed by atoms with Gasteiger partial charge in [-0.05, 0) is 18.2 Å². The molecule has 0 bridgehead atoms. The van der Waals surface area contributed by atoms with Gasteiger partial charge >= 0.3 is 5.97 Å². The van der Waals surface area contributed by atoms with E-state index in [1.54, 1.807) is 24.3 Å². The molecular weight excluding hydrogens is 268 g/mol. The number of benzene rings is 1. The highest BCUT2D eigenvalue weighted by Crippen LogP contribution is 2.25. The van der Waals surface area contributed by atoms with Crippen LogP contribution in [-0.4, -0.2) is 22.0 Å². The molecule has 3 N–H and O–H groups in total. The molecule has 0 aliphatic heterocycles. The molecule has 0 aliphatic carbocycles. The molecule has 1 aromatic carbocycles. The Labute approximate surface area is 113 Å². The van der Waals surface area contributed by atoms with Gasteiger partial charge in [-0.3, -0.25) is 4.79 Å². The Morgan fingerprint density at radius 1 is 1.16 bits per heavy atom. The van der Waals surface area contributed by atoms with Crippen molar-refractivity contribution in [2.75, 3.05) is 0 Å². The second kappa shape index (κ2) is 5.07. The van der Waals surface area contributed by atoms with Gasteiger partial charge in [0.05, 0.1) is 16.8 Å². The maximum absolute atomic E-state index is 11.5. The zero-order chi connectivity index (χ0) is 14.0. The Bertz CT molecular complexity index is 671. The summed E-state index contributed by atoms with van der Waals surface area (Å²) in [4.78, 5) is 26.7. The van der Waals surface area contributed by atoms with Crippen molar-refractivity contribution in [3.63, 3.8) is 0 Å². The van der Waals surface area contributed by atoms with Gasteiger partial charge in [0.25, 0.3) is 0 Å². The van der Waals surface area contributed by atoms with Gasteiger partial charge in [0.2, 0.25) is 5.91 Å². The molecule has 1 aromatic heterocycles. The van der Waals surface area contributed by atoms with Gasteiger partial charge in [-0.1, -0.05) is 29.8 Å². The number of carbonyl (C=O) groups is 2. The lowest BCUT2D eigenvalue weighted by atomic mass is 9.98. The first-order valence-electron chi connectivity index (χ1n) is 5.29. The molecule has 19 heavy (non-hydrogen) atoms. The molecule has 96 valence electrons. The summed E-state index contributed by atoms with van der Waals surface area (Å²) in [6, 6.07) is 9.27. The van der Waals surface area contributed by atoms with Gasteiger partial charge < -0.3 is 10.8 Å². The maximum atomic E-state index is 11.5. The third-order valence-corrected chi connectivity index (χ3v) is 2.74. The summed E-state index contributed by atoms with van der Waals surface area (Å²) >= 11 is 5.79. The molecule has 0 radical (unpaired) electrons. The molecule has 5 nitrogen and oxygen atoms in total. The number of carboxylic acid groups (broad SMARTS) is 1. The Kier molecular flexibility index (Phi) is 3.48. The summed E-state index contributed by atoms with van der Waals surface area (Å²) in [5.74, 6) is -2.05. The standard InChI is InChI=1S/C13H9ClN2O3/c14-10-6-2-5-9(16-10)7-3-1-4-8(13(18)19)11(7)12(15)17/h1-6H,(H2,15,17)(H,18,19). The second-order valence-corrected chi connectivity index (χ2v) is 4.13. The van der Waals surface area contributed by atoms with Crippen LogP contribution in [0.4, 0.5) is 0 Å². The maximum Gasteiger partial charge on any atom is 0.336 e. The third kappa shape index (κ3) is 2.56. The molecule has 2 aromatic rings. The van der Waals surface area contributed by atoms with Crippen molar-refractivity contribution in [3.05, 3.63) is 52.7 Å². The molecule has 0 saturated heterocycles. The number of aromatic nitrogens is 1. The molecule has 1 amide bonds. The van der Waals surface area contributed by atoms with E-state index < -0.39 is 11.9 Å². The molecule has 0 atom stereocenters. The number of hydrogen-bond donors (Lipinski definition) is 2. The van der Waals surface area contributed by atoms with E-state index in [9.17, 15) is 9.59 Å². The first-order valence-corrected chi connectivity index (χ1v) is 5.67. The normalized spacial score (nSPS) is 10.2. The van der Waals surface area contributed by atoms with Crippen LogP contribution >= 0.6 is 11.6 Å². The van der Waals surface area contributed by atoms with Crippen molar-refractivity contribution in [1.82, 2.24) is 4.98 Å². The van der Waals surface area contributed by atoms with Gasteiger partial charge in [0.15, 0.2) is 0 Å². The van der Waals surface area contributed by atoms with E-state index in [1.807, 2.05) is 0 Å².